The molecule has 4 rings (SSSR count). The number of nitrogens with one attached hydrogen (secondary N) is 6. The summed E-state index contributed by atoms with van der Waals surface area (Å²) in [5, 5.41) is 12.9. The summed E-state index contributed by atoms with van der Waals surface area (Å²) in [4.78, 5) is 18.1. The molecule has 290 valence electrons. The molecule has 2 aromatic heterocycles. The zero-order chi connectivity index (χ0) is 40.2. The lowest BCUT2D eigenvalue weighted by atomic mass is 10.1. The van der Waals surface area contributed by atoms with Crippen LogP contribution in [0.3, 0.4) is 0 Å². The van der Waals surface area contributed by atoms with Gasteiger partial charge in [-0.3, -0.25) is 0 Å². The summed E-state index contributed by atoms with van der Waals surface area (Å²) in [7, 11) is -5.77. The summed E-state index contributed by atoms with van der Waals surface area (Å²) in [6.45, 7) is 24.9. The Morgan fingerprint density at radius 2 is 0.906 bits per heavy atom. The minimum atomic E-state index is -3.64. The van der Waals surface area contributed by atoms with Gasteiger partial charge in [0.15, 0.2) is 0 Å². The molecule has 0 bridgehead atoms. The molecule has 0 saturated heterocycles. The van der Waals surface area contributed by atoms with Crippen molar-refractivity contribution in [3.63, 3.8) is 0 Å². The van der Waals surface area contributed by atoms with Gasteiger partial charge in [-0.1, -0.05) is 12.1 Å². The van der Waals surface area contributed by atoms with Crippen molar-refractivity contribution in [3.8, 4) is 0 Å². The zero-order valence-corrected chi connectivity index (χ0v) is 35.0. The number of aromatic nitrogens is 4. The lowest BCUT2D eigenvalue weighted by Gasteiger charge is -2.22. The number of rotatable bonds is 10. The first kappa shape index (κ1) is 43.0. The van der Waals surface area contributed by atoms with Crippen LogP contribution in [0, 0.1) is 27.7 Å². The van der Waals surface area contributed by atoms with Crippen LogP contribution in [-0.2, 0) is 20.0 Å². The highest BCUT2D eigenvalue weighted by molar-refractivity contribution is 7.89. The van der Waals surface area contributed by atoms with E-state index in [0.717, 1.165) is 11.1 Å². The van der Waals surface area contributed by atoms with Crippen molar-refractivity contribution in [2.75, 3.05) is 28.3 Å². The van der Waals surface area contributed by atoms with E-state index in [1.807, 2.05) is 88.3 Å². The second-order valence-electron chi connectivity index (χ2n) is 16.0. The standard InChI is InChI=1S/C20H31N5O2S.C17H25N5O2S/c1-13-9-10-15(11-16(13)28(26,27)25-20(6,7)8)22-17-14(2)12-21-18(23-17)24-19(3,4)5;1-11-7-8-13(9-14(11)25(23,24)18-6)20-15-12(2)10-19-16(21-15)22-17(3,4)5/h9-12,25H,1-8H3,(H2,21,22,23,24);7-10,18H,1-6H3,(H2,19,20,21,22). The minimum absolute atomic E-state index is 0.162. The topological polar surface area (TPSA) is 192 Å². The van der Waals surface area contributed by atoms with Crippen LogP contribution in [0.15, 0.2) is 58.6 Å². The van der Waals surface area contributed by atoms with E-state index in [0.29, 0.717) is 46.0 Å². The van der Waals surface area contributed by atoms with Gasteiger partial charge in [-0.2, -0.15) is 9.97 Å². The molecule has 0 saturated carbocycles. The van der Waals surface area contributed by atoms with E-state index in [9.17, 15) is 16.8 Å². The highest BCUT2D eigenvalue weighted by atomic mass is 32.2. The number of hydrogen-bond donors (Lipinski definition) is 6. The van der Waals surface area contributed by atoms with Gasteiger partial charge in [-0.05, 0) is 132 Å². The third-order valence-electron chi connectivity index (χ3n) is 7.11. The molecule has 0 aliphatic heterocycles. The number of sulfonamides is 2. The molecule has 0 aliphatic carbocycles. The van der Waals surface area contributed by atoms with E-state index < -0.39 is 25.6 Å². The predicted molar refractivity (Wildman–Crippen MR) is 216 cm³/mol. The summed E-state index contributed by atoms with van der Waals surface area (Å²) in [5.74, 6) is 2.27. The van der Waals surface area contributed by atoms with E-state index in [4.69, 9.17) is 0 Å². The molecule has 0 unspecified atom stereocenters. The second-order valence-corrected chi connectivity index (χ2v) is 19.5. The Labute approximate surface area is 316 Å². The largest absolute Gasteiger partial charge is 0.350 e. The average Bonchev–Trinajstić information content (AvgIpc) is 3.00. The molecule has 6 N–H and O–H groups in total. The van der Waals surface area contributed by atoms with Crippen molar-refractivity contribution in [2.45, 2.75) is 116 Å². The van der Waals surface area contributed by atoms with E-state index in [-0.39, 0.29) is 20.9 Å². The van der Waals surface area contributed by atoms with Crippen LogP contribution in [-0.4, -0.2) is 60.4 Å². The second kappa shape index (κ2) is 16.3. The Morgan fingerprint density at radius 3 is 1.25 bits per heavy atom. The smallest absolute Gasteiger partial charge is 0.241 e. The van der Waals surface area contributed by atoms with Crippen molar-refractivity contribution in [3.05, 3.63) is 71.0 Å². The fraction of sp³-hybridized carbons (Fsp3) is 0.459. The van der Waals surface area contributed by atoms with Crippen LogP contribution in [0.4, 0.5) is 34.9 Å². The summed E-state index contributed by atoms with van der Waals surface area (Å²) in [5.41, 5.74) is 3.46. The van der Waals surface area contributed by atoms with Gasteiger partial charge in [0.2, 0.25) is 31.9 Å². The first-order valence-electron chi connectivity index (χ1n) is 17.1. The van der Waals surface area contributed by atoms with Gasteiger partial charge in [0.05, 0.1) is 9.79 Å². The number of aryl methyl sites for hydroxylation is 4. The van der Waals surface area contributed by atoms with Crippen LogP contribution in [0.25, 0.3) is 0 Å². The van der Waals surface area contributed by atoms with Crippen LogP contribution in [0.2, 0.25) is 0 Å². The molecule has 4 aromatic rings. The molecule has 2 aromatic carbocycles. The minimum Gasteiger partial charge on any atom is -0.350 e. The Balaban J connectivity index is 0.000000287. The molecular weight excluding hydrogens is 713 g/mol. The zero-order valence-electron chi connectivity index (χ0n) is 33.4. The van der Waals surface area contributed by atoms with Crippen molar-refractivity contribution in [1.29, 1.82) is 0 Å². The normalized spacial score (nSPS) is 12.4. The lowest BCUT2D eigenvalue weighted by Crippen LogP contribution is -2.40. The predicted octanol–water partition coefficient (Wildman–Crippen LogP) is 7.08. The molecule has 53 heavy (non-hydrogen) atoms. The van der Waals surface area contributed by atoms with Crippen molar-refractivity contribution in [2.24, 2.45) is 0 Å². The molecular formula is C37H56N10O4S2. The molecule has 0 spiro atoms. The molecule has 14 nitrogen and oxygen atoms in total. The number of nitrogens with zero attached hydrogens (tertiary/aromatic N) is 4. The maximum absolute atomic E-state index is 12.8. The third-order valence-corrected chi connectivity index (χ3v) is 10.6. The van der Waals surface area contributed by atoms with Crippen molar-refractivity contribution >= 4 is 55.0 Å². The Hall–Kier alpha value is -4.38. The molecule has 0 atom stereocenters. The van der Waals surface area contributed by atoms with Gasteiger partial charge in [-0.25, -0.2) is 36.2 Å². The molecule has 0 aliphatic rings. The van der Waals surface area contributed by atoms with E-state index in [1.54, 1.807) is 50.5 Å². The van der Waals surface area contributed by atoms with Gasteiger partial charge in [0.25, 0.3) is 0 Å². The lowest BCUT2D eigenvalue weighted by molar-refractivity contribution is 0.491. The maximum atomic E-state index is 12.8. The van der Waals surface area contributed by atoms with Gasteiger partial charge in [-0.15, -0.1) is 0 Å². The van der Waals surface area contributed by atoms with Crippen molar-refractivity contribution in [1.82, 2.24) is 29.4 Å². The Morgan fingerprint density at radius 1 is 0.528 bits per heavy atom. The Kier molecular flexibility index (Phi) is 13.3. The first-order chi connectivity index (χ1) is 24.2. The number of hydrogen-bond acceptors (Lipinski definition) is 12. The van der Waals surface area contributed by atoms with Crippen LogP contribution in [0.5, 0.6) is 0 Å². The number of benzene rings is 2. The first-order valence-corrected chi connectivity index (χ1v) is 20.1. The van der Waals surface area contributed by atoms with Crippen LogP contribution < -0.4 is 30.7 Å². The van der Waals surface area contributed by atoms with E-state index in [1.165, 1.54) is 7.05 Å². The number of anilines is 6. The molecule has 2 heterocycles. The maximum Gasteiger partial charge on any atom is 0.241 e. The van der Waals surface area contributed by atoms with E-state index >= 15 is 0 Å². The van der Waals surface area contributed by atoms with Crippen LogP contribution in [0.1, 0.15) is 84.6 Å². The molecule has 16 heteroatoms. The third kappa shape index (κ3) is 13.2. The fourth-order valence-electron chi connectivity index (χ4n) is 4.70. The SMILES string of the molecule is CNS(=O)(=O)c1cc(Nc2nc(NC(C)(C)C)ncc2C)ccc1C.Cc1ccc(Nc2nc(NC(C)(C)C)ncc2C)cc1S(=O)(=O)NC(C)(C)C. The molecule has 0 radical (unpaired) electrons. The van der Waals surface area contributed by atoms with Crippen molar-refractivity contribution < 1.29 is 16.8 Å². The summed E-state index contributed by atoms with van der Waals surface area (Å²) < 4.78 is 54.9. The average molecular weight is 769 g/mol. The summed E-state index contributed by atoms with van der Waals surface area (Å²) in [6.07, 6.45) is 3.46. The highest BCUT2D eigenvalue weighted by Crippen LogP contribution is 2.27. The van der Waals surface area contributed by atoms with E-state index in [2.05, 4.69) is 50.6 Å². The summed E-state index contributed by atoms with van der Waals surface area (Å²) >= 11 is 0. The van der Waals surface area contributed by atoms with Crippen LogP contribution >= 0.6 is 0 Å². The van der Waals surface area contributed by atoms with Gasteiger partial charge < -0.3 is 21.3 Å². The van der Waals surface area contributed by atoms with Gasteiger partial charge in [0, 0.05) is 51.5 Å². The Bertz CT molecular complexity index is 2140. The monoisotopic (exact) mass is 768 g/mol. The van der Waals surface area contributed by atoms with Gasteiger partial charge >= 0.3 is 0 Å². The molecule has 0 fully saturated rings. The van der Waals surface area contributed by atoms with Gasteiger partial charge in [0.1, 0.15) is 11.6 Å². The highest BCUT2D eigenvalue weighted by Gasteiger charge is 2.24. The molecule has 0 amide bonds. The summed E-state index contributed by atoms with van der Waals surface area (Å²) in [6, 6.07) is 10.4. The quantitative estimate of drug-likeness (QED) is 0.0963. The fourth-order valence-corrected chi connectivity index (χ4v) is 7.39.